The number of piperidine rings is 1. The lowest BCUT2D eigenvalue weighted by Gasteiger charge is -2.40. The van der Waals surface area contributed by atoms with E-state index in [2.05, 4.69) is 11.6 Å². The summed E-state index contributed by atoms with van der Waals surface area (Å²) in [5.74, 6) is -5.54. The highest BCUT2D eigenvalue weighted by Crippen LogP contribution is 2.35. The molecular weight excluding hydrogens is 559 g/mol. The minimum Gasteiger partial charge on any atom is -0.496 e. The van der Waals surface area contributed by atoms with Crippen molar-refractivity contribution < 1.29 is 46.1 Å². The lowest BCUT2D eigenvalue weighted by molar-refractivity contribution is -0.148. The third-order valence-corrected chi connectivity index (χ3v) is 7.39. The molecule has 13 heteroatoms. The number of aliphatic imine (C=N–C) groups is 1. The zero-order chi connectivity index (χ0) is 30.1. The minimum absolute atomic E-state index is 0.0364. The molecule has 0 spiro atoms. The van der Waals surface area contributed by atoms with Crippen molar-refractivity contribution in [2.24, 2.45) is 10.9 Å². The predicted molar refractivity (Wildman–Crippen MR) is 142 cm³/mol. The number of methoxy groups -OCH3 is 1. The summed E-state index contributed by atoms with van der Waals surface area (Å²) in [6, 6.07) is 0.599. The van der Waals surface area contributed by atoms with Crippen LogP contribution in [0.2, 0.25) is 0 Å². The molecule has 1 amide bonds. The maximum Gasteiger partial charge on any atom is 0.417 e. The van der Waals surface area contributed by atoms with E-state index in [-0.39, 0.29) is 24.4 Å². The fourth-order valence-corrected chi connectivity index (χ4v) is 5.14. The van der Waals surface area contributed by atoms with Crippen LogP contribution in [0.25, 0.3) is 0 Å². The summed E-state index contributed by atoms with van der Waals surface area (Å²) in [6.07, 6.45) is 1.49. The number of alkyl halides is 5. The molecule has 1 saturated heterocycles. The van der Waals surface area contributed by atoms with E-state index in [4.69, 9.17) is 9.47 Å². The van der Waals surface area contributed by atoms with Gasteiger partial charge in [-0.25, -0.2) is 8.78 Å². The van der Waals surface area contributed by atoms with Crippen LogP contribution in [0, 0.1) is 5.92 Å². The molecule has 2 atom stereocenters. The van der Waals surface area contributed by atoms with Gasteiger partial charge in [-0.3, -0.25) is 14.6 Å². The number of amides is 1. The molecule has 2 unspecified atom stereocenters. The van der Waals surface area contributed by atoms with Crippen molar-refractivity contribution in [3.63, 3.8) is 0 Å². The molecular formula is C27H33F5N2O5S. The topological polar surface area (TPSA) is 88.4 Å². The molecule has 3 rings (SSSR count). The van der Waals surface area contributed by atoms with Crippen LogP contribution in [-0.4, -0.2) is 67.3 Å². The first-order valence-electron chi connectivity index (χ1n) is 12.5. The second-order valence-corrected chi connectivity index (χ2v) is 10.0. The largest absolute Gasteiger partial charge is 0.496 e. The average molecular weight is 593 g/mol. The van der Waals surface area contributed by atoms with Gasteiger partial charge >= 0.3 is 12.1 Å². The fraction of sp³-hybridized carbons (Fsp3) is 0.519. The highest BCUT2D eigenvalue weighted by molar-refractivity contribution is 7.10. The number of ether oxygens (including phenoxy) is 2. The van der Waals surface area contributed by atoms with Gasteiger partial charge in [-0.1, -0.05) is 24.8 Å². The Morgan fingerprint density at radius 1 is 1.27 bits per heavy atom. The smallest absolute Gasteiger partial charge is 0.417 e. The van der Waals surface area contributed by atoms with Crippen molar-refractivity contribution in [3.05, 3.63) is 52.3 Å². The number of nitrogens with zero attached hydrogens (tertiary/aromatic N) is 2. The molecule has 0 radical (unpaired) electrons. The van der Waals surface area contributed by atoms with Gasteiger partial charge in [-0.05, 0) is 32.1 Å². The molecule has 3 heterocycles. The molecule has 0 aromatic carbocycles. The molecule has 2 aliphatic rings. The van der Waals surface area contributed by atoms with Gasteiger partial charge in [0.05, 0.1) is 30.1 Å². The number of hydrogen-bond donors (Lipinski definition) is 1. The Morgan fingerprint density at radius 3 is 2.48 bits per heavy atom. The molecule has 40 heavy (non-hydrogen) atoms. The van der Waals surface area contributed by atoms with Crippen LogP contribution in [0.5, 0.6) is 5.75 Å². The van der Waals surface area contributed by atoms with E-state index < -0.39 is 53.0 Å². The van der Waals surface area contributed by atoms with Gasteiger partial charge in [-0.15, -0.1) is 11.3 Å². The number of carboxylic acid groups (broad SMARTS) is 1. The lowest BCUT2D eigenvalue weighted by atomic mass is 9.86. The molecule has 1 fully saturated rings. The third kappa shape index (κ3) is 8.64. The molecule has 2 aliphatic heterocycles. The molecule has 0 saturated carbocycles. The second-order valence-electron chi connectivity index (χ2n) is 9.11. The maximum absolute atomic E-state index is 13.7. The molecule has 0 bridgehead atoms. The number of allylic oxidation sites excluding steroid dienone is 3. The number of aliphatic carboxylic acids is 1. The lowest BCUT2D eigenvalue weighted by Crippen LogP contribution is -2.52. The third-order valence-electron chi connectivity index (χ3n) is 6.31. The Bertz CT molecular complexity index is 1140. The zero-order valence-corrected chi connectivity index (χ0v) is 23.3. The van der Waals surface area contributed by atoms with E-state index in [0.29, 0.717) is 37.5 Å². The molecule has 7 nitrogen and oxygen atoms in total. The Kier molecular flexibility index (Phi) is 11.9. The minimum atomic E-state index is -4.85. The maximum atomic E-state index is 13.7. The molecule has 1 aromatic heterocycles. The Hall–Kier alpha value is -3.22. The summed E-state index contributed by atoms with van der Waals surface area (Å²) in [6.45, 7) is 4.34. The van der Waals surface area contributed by atoms with E-state index in [1.807, 2.05) is 6.08 Å². The van der Waals surface area contributed by atoms with Crippen molar-refractivity contribution in [2.75, 3.05) is 27.3 Å². The Morgan fingerprint density at radius 2 is 1.98 bits per heavy atom. The van der Waals surface area contributed by atoms with Gasteiger partial charge in [-0.2, -0.15) is 13.2 Å². The van der Waals surface area contributed by atoms with Gasteiger partial charge < -0.3 is 19.5 Å². The van der Waals surface area contributed by atoms with Crippen LogP contribution in [0.15, 0.2) is 52.4 Å². The zero-order valence-electron chi connectivity index (χ0n) is 22.5. The van der Waals surface area contributed by atoms with E-state index in [0.717, 1.165) is 18.3 Å². The number of rotatable bonds is 4. The molecule has 1 N–H and O–H groups in total. The summed E-state index contributed by atoms with van der Waals surface area (Å²) in [5, 5.41) is 11.1. The molecule has 1 aromatic rings. The quantitative estimate of drug-likeness (QED) is 0.249. The number of hydrogen-bond acceptors (Lipinski definition) is 6. The van der Waals surface area contributed by atoms with E-state index >= 15 is 0 Å². The summed E-state index contributed by atoms with van der Waals surface area (Å²) in [5.41, 5.74) is -1.97. The average Bonchev–Trinajstić information content (AvgIpc) is 3.38. The highest BCUT2D eigenvalue weighted by Gasteiger charge is 2.44. The first-order chi connectivity index (χ1) is 18.8. The van der Waals surface area contributed by atoms with Crippen molar-refractivity contribution in [2.45, 2.75) is 57.2 Å². The van der Waals surface area contributed by atoms with Crippen LogP contribution in [0.3, 0.4) is 0 Å². The number of carbonyl (C=O) groups excluding carboxylic acids is 1. The van der Waals surface area contributed by atoms with Crippen LogP contribution in [-0.2, 0) is 20.2 Å². The summed E-state index contributed by atoms with van der Waals surface area (Å²) >= 11 is 1.01. The number of carboxylic acids is 1. The van der Waals surface area contributed by atoms with Gasteiger partial charge in [0.25, 0.3) is 11.8 Å². The van der Waals surface area contributed by atoms with E-state index in [1.54, 1.807) is 11.5 Å². The van der Waals surface area contributed by atoms with Crippen molar-refractivity contribution in [1.29, 1.82) is 0 Å². The van der Waals surface area contributed by atoms with Crippen molar-refractivity contribution in [1.82, 2.24) is 4.90 Å². The number of thiophene rings is 1. The van der Waals surface area contributed by atoms with Gasteiger partial charge in [0.1, 0.15) is 11.3 Å². The highest BCUT2D eigenvalue weighted by atomic mass is 32.1. The SMILES string of the molecule is C=C/C(=C1/C(=O)N2CCCC(C(=O)O)C2C/C=C\CCCOC1=NC)C(F)(F)F.COc1csc(C(C)(F)F)c1. The second kappa shape index (κ2) is 14.4. The Labute approximate surface area is 233 Å². The van der Waals surface area contributed by atoms with E-state index in [1.165, 1.54) is 25.1 Å². The van der Waals surface area contributed by atoms with E-state index in [9.17, 15) is 36.6 Å². The van der Waals surface area contributed by atoms with Crippen molar-refractivity contribution in [3.8, 4) is 5.75 Å². The number of halogens is 5. The molecule has 222 valence electrons. The van der Waals surface area contributed by atoms with Crippen LogP contribution in [0.1, 0.15) is 43.9 Å². The van der Waals surface area contributed by atoms with Crippen LogP contribution in [0.4, 0.5) is 22.0 Å². The predicted octanol–water partition coefficient (Wildman–Crippen LogP) is 6.38. The fourth-order valence-electron chi connectivity index (χ4n) is 4.34. The Balaban J connectivity index is 0.000000425. The first kappa shape index (κ1) is 33.0. The van der Waals surface area contributed by atoms with Gasteiger partial charge in [0, 0.05) is 38.0 Å². The van der Waals surface area contributed by atoms with Crippen molar-refractivity contribution >= 4 is 29.1 Å². The monoisotopic (exact) mass is 592 g/mol. The normalized spacial score (nSPS) is 23.9. The number of carbonyl (C=O) groups is 2. The van der Waals surface area contributed by atoms with Gasteiger partial charge in [0.2, 0.25) is 5.90 Å². The van der Waals surface area contributed by atoms with Crippen LogP contribution < -0.4 is 4.74 Å². The molecule has 0 aliphatic carbocycles. The number of fused-ring (bicyclic) bond motifs is 1. The van der Waals surface area contributed by atoms with Crippen LogP contribution >= 0.6 is 11.3 Å². The first-order valence-corrected chi connectivity index (χ1v) is 13.4. The summed E-state index contributed by atoms with van der Waals surface area (Å²) in [4.78, 5) is 30.1. The summed E-state index contributed by atoms with van der Waals surface area (Å²) < 4.78 is 76.3. The van der Waals surface area contributed by atoms with Gasteiger partial charge in [0.15, 0.2) is 0 Å². The standard InChI is InChI=1S/C20H25F3N2O4.C7H8F2OS/c1-3-14(20(21,22)23)16-17(24-2)29-12-7-5-4-6-10-15-13(19(27)28)9-8-11-25(15)18(16)26;1-7(8,9)6-3-5(10-2)4-11-6/h3-4,6,13,15H,1,5,7-12H2,2H3,(H,27,28);3-4H,1-2H3/b6-4-,16-14-,24-17?;. The summed E-state index contributed by atoms with van der Waals surface area (Å²) in [7, 11) is 2.71.